The third-order valence-electron chi connectivity index (χ3n) is 3.74. The summed E-state index contributed by atoms with van der Waals surface area (Å²) < 4.78 is 38.2. The predicted molar refractivity (Wildman–Crippen MR) is 100 cm³/mol. The van der Waals surface area contributed by atoms with Gasteiger partial charge in [0, 0.05) is 23.7 Å². The second-order valence-electron chi connectivity index (χ2n) is 6.87. The molecular weight excluding hydrogens is 370 g/mol. The van der Waals surface area contributed by atoms with Gasteiger partial charge < -0.3 is 20.5 Å². The molecule has 0 saturated heterocycles. The summed E-state index contributed by atoms with van der Waals surface area (Å²) in [5.41, 5.74) is 5.84. The molecule has 0 radical (unpaired) electrons. The average molecular weight is 391 g/mol. The number of carbonyl (C=O) groups is 1. The molecule has 9 heteroatoms. The first kappa shape index (κ1) is 19.0. The van der Waals surface area contributed by atoms with E-state index in [9.17, 15) is 13.2 Å². The van der Waals surface area contributed by atoms with Crippen LogP contribution >= 0.6 is 0 Å². The molecule has 1 aliphatic rings. The predicted octanol–water partition coefficient (Wildman–Crippen LogP) is 1.68. The van der Waals surface area contributed by atoms with Gasteiger partial charge in [-0.1, -0.05) is 6.07 Å². The minimum atomic E-state index is -3.88. The summed E-state index contributed by atoms with van der Waals surface area (Å²) in [5.74, 6) is 0.626. The zero-order valence-electron chi connectivity index (χ0n) is 15.0. The Morgan fingerprint density at radius 2 is 1.89 bits per heavy atom. The van der Waals surface area contributed by atoms with Gasteiger partial charge in [-0.25, -0.2) is 8.42 Å². The standard InChI is InChI=1S/C18H21N3O5S/c1-18(2,19)10-20-17(22)12-4-3-5-14(8-12)27(23,24)21-13-6-7-15-16(9-13)26-11-25-15/h3-9,21H,10-11,19H2,1-2H3,(H,20,22). The Morgan fingerprint density at radius 1 is 1.15 bits per heavy atom. The normalized spacial score (nSPS) is 13.3. The molecule has 1 amide bonds. The lowest BCUT2D eigenvalue weighted by Gasteiger charge is -2.19. The molecule has 0 bridgehead atoms. The highest BCUT2D eigenvalue weighted by atomic mass is 32.2. The van der Waals surface area contributed by atoms with E-state index in [0.717, 1.165) is 0 Å². The number of hydrogen-bond donors (Lipinski definition) is 3. The van der Waals surface area contributed by atoms with E-state index < -0.39 is 21.5 Å². The van der Waals surface area contributed by atoms with Crippen LogP contribution in [0.25, 0.3) is 0 Å². The van der Waals surface area contributed by atoms with Crippen LogP contribution in [0.2, 0.25) is 0 Å². The molecule has 2 aromatic rings. The number of rotatable bonds is 6. The largest absolute Gasteiger partial charge is 0.454 e. The fraction of sp³-hybridized carbons (Fsp3) is 0.278. The van der Waals surface area contributed by atoms with Gasteiger partial charge in [-0.05, 0) is 44.2 Å². The molecule has 27 heavy (non-hydrogen) atoms. The van der Waals surface area contributed by atoms with E-state index in [0.29, 0.717) is 17.2 Å². The highest BCUT2D eigenvalue weighted by Gasteiger charge is 2.20. The summed E-state index contributed by atoms with van der Waals surface area (Å²) >= 11 is 0. The van der Waals surface area contributed by atoms with Gasteiger partial charge in [0.25, 0.3) is 15.9 Å². The summed E-state index contributed by atoms with van der Waals surface area (Å²) in [5, 5.41) is 2.69. The van der Waals surface area contributed by atoms with Crippen molar-refractivity contribution in [2.24, 2.45) is 5.73 Å². The maximum absolute atomic E-state index is 12.7. The molecular formula is C18H21N3O5S. The van der Waals surface area contributed by atoms with Crippen molar-refractivity contribution in [1.29, 1.82) is 0 Å². The number of benzene rings is 2. The number of sulfonamides is 1. The van der Waals surface area contributed by atoms with E-state index in [2.05, 4.69) is 10.0 Å². The second-order valence-corrected chi connectivity index (χ2v) is 8.56. The van der Waals surface area contributed by atoms with E-state index in [1.54, 1.807) is 38.1 Å². The van der Waals surface area contributed by atoms with E-state index in [1.807, 2.05) is 0 Å². The average Bonchev–Trinajstić information content (AvgIpc) is 3.06. The zero-order valence-corrected chi connectivity index (χ0v) is 15.8. The molecule has 0 spiro atoms. The van der Waals surface area contributed by atoms with Crippen LogP contribution in [0.5, 0.6) is 11.5 Å². The van der Waals surface area contributed by atoms with E-state index in [1.165, 1.54) is 18.2 Å². The van der Waals surface area contributed by atoms with Crippen LogP contribution in [0.1, 0.15) is 24.2 Å². The lowest BCUT2D eigenvalue weighted by atomic mass is 10.1. The van der Waals surface area contributed by atoms with Crippen LogP contribution in [0.3, 0.4) is 0 Å². The number of nitrogens with two attached hydrogens (primary N) is 1. The molecule has 8 nitrogen and oxygen atoms in total. The van der Waals surface area contributed by atoms with Crippen molar-refractivity contribution in [3.63, 3.8) is 0 Å². The molecule has 0 atom stereocenters. The van der Waals surface area contributed by atoms with Crippen molar-refractivity contribution in [2.45, 2.75) is 24.3 Å². The summed E-state index contributed by atoms with van der Waals surface area (Å²) in [6.07, 6.45) is 0. The Morgan fingerprint density at radius 3 is 2.63 bits per heavy atom. The Labute approximate surface area is 157 Å². The third kappa shape index (κ3) is 4.69. The first-order valence-electron chi connectivity index (χ1n) is 8.24. The number of ether oxygens (including phenoxy) is 2. The molecule has 1 aliphatic heterocycles. The van der Waals surface area contributed by atoms with Gasteiger partial charge in [-0.3, -0.25) is 9.52 Å². The van der Waals surface area contributed by atoms with Gasteiger partial charge in [0.05, 0.1) is 10.6 Å². The first-order chi connectivity index (χ1) is 12.6. The van der Waals surface area contributed by atoms with Crippen LogP contribution < -0.4 is 25.2 Å². The lowest BCUT2D eigenvalue weighted by Crippen LogP contribution is -2.45. The highest BCUT2D eigenvalue weighted by molar-refractivity contribution is 7.92. The third-order valence-corrected chi connectivity index (χ3v) is 5.11. The van der Waals surface area contributed by atoms with Gasteiger partial charge in [0.15, 0.2) is 11.5 Å². The van der Waals surface area contributed by atoms with Gasteiger partial charge >= 0.3 is 0 Å². The number of nitrogens with one attached hydrogen (secondary N) is 2. The monoisotopic (exact) mass is 391 g/mol. The number of anilines is 1. The van der Waals surface area contributed by atoms with Crippen molar-refractivity contribution in [3.05, 3.63) is 48.0 Å². The van der Waals surface area contributed by atoms with E-state index in [4.69, 9.17) is 15.2 Å². The maximum atomic E-state index is 12.7. The van der Waals surface area contributed by atoms with Crippen LogP contribution in [-0.4, -0.2) is 33.2 Å². The van der Waals surface area contributed by atoms with Crippen LogP contribution in [0.4, 0.5) is 5.69 Å². The second kappa shape index (κ2) is 7.09. The van der Waals surface area contributed by atoms with Gasteiger partial charge in [-0.2, -0.15) is 0 Å². The van der Waals surface area contributed by atoms with Crippen LogP contribution in [-0.2, 0) is 10.0 Å². The summed E-state index contributed by atoms with van der Waals surface area (Å²) in [6, 6.07) is 10.5. The summed E-state index contributed by atoms with van der Waals surface area (Å²) in [7, 11) is -3.88. The Bertz CT molecular complexity index is 967. The molecule has 144 valence electrons. The van der Waals surface area contributed by atoms with E-state index >= 15 is 0 Å². The fourth-order valence-corrected chi connectivity index (χ4v) is 3.48. The smallest absolute Gasteiger partial charge is 0.261 e. The molecule has 2 aromatic carbocycles. The fourth-order valence-electron chi connectivity index (χ4n) is 2.39. The molecule has 0 saturated carbocycles. The number of fused-ring (bicyclic) bond motifs is 1. The van der Waals surface area contributed by atoms with Crippen molar-refractivity contribution >= 4 is 21.6 Å². The summed E-state index contributed by atoms with van der Waals surface area (Å²) in [4.78, 5) is 12.2. The molecule has 0 aliphatic carbocycles. The van der Waals surface area contributed by atoms with Crippen LogP contribution in [0, 0.1) is 0 Å². The zero-order chi connectivity index (χ0) is 19.7. The first-order valence-corrected chi connectivity index (χ1v) is 9.72. The number of amides is 1. The molecule has 4 N–H and O–H groups in total. The Kier molecular flexibility index (Phi) is 4.99. The minimum Gasteiger partial charge on any atom is -0.454 e. The summed E-state index contributed by atoms with van der Waals surface area (Å²) in [6.45, 7) is 3.92. The van der Waals surface area contributed by atoms with Gasteiger partial charge in [-0.15, -0.1) is 0 Å². The maximum Gasteiger partial charge on any atom is 0.261 e. The molecule has 0 fully saturated rings. The Hall–Kier alpha value is -2.78. The quantitative estimate of drug-likeness (QED) is 0.689. The topological polar surface area (TPSA) is 120 Å². The Balaban J connectivity index is 1.78. The molecule has 3 rings (SSSR count). The number of carbonyl (C=O) groups excluding carboxylic acids is 1. The van der Waals surface area contributed by atoms with Crippen molar-refractivity contribution in [1.82, 2.24) is 5.32 Å². The van der Waals surface area contributed by atoms with Crippen molar-refractivity contribution < 1.29 is 22.7 Å². The minimum absolute atomic E-state index is 0.0279. The van der Waals surface area contributed by atoms with Crippen LogP contribution in [0.15, 0.2) is 47.4 Å². The van der Waals surface area contributed by atoms with Crippen molar-refractivity contribution in [3.8, 4) is 11.5 Å². The van der Waals surface area contributed by atoms with E-state index in [-0.39, 0.29) is 23.8 Å². The van der Waals surface area contributed by atoms with Gasteiger partial charge in [0.1, 0.15) is 0 Å². The molecule has 1 heterocycles. The van der Waals surface area contributed by atoms with Gasteiger partial charge in [0.2, 0.25) is 6.79 Å². The number of hydrogen-bond acceptors (Lipinski definition) is 6. The SMILES string of the molecule is CC(C)(N)CNC(=O)c1cccc(S(=O)(=O)Nc2ccc3c(c2)OCO3)c1. The lowest BCUT2D eigenvalue weighted by molar-refractivity contribution is 0.0946. The highest BCUT2D eigenvalue weighted by Crippen LogP contribution is 2.34. The van der Waals surface area contributed by atoms with Crippen molar-refractivity contribution in [2.75, 3.05) is 18.1 Å². The molecule has 0 unspecified atom stereocenters. The molecule has 0 aromatic heterocycles.